The van der Waals surface area contributed by atoms with Crippen LogP contribution in [0.3, 0.4) is 0 Å². The summed E-state index contributed by atoms with van der Waals surface area (Å²) in [6, 6.07) is -0.180. The monoisotopic (exact) mass is 315 g/mol. The first kappa shape index (κ1) is 18.7. The van der Waals surface area contributed by atoms with E-state index >= 15 is 0 Å². The van der Waals surface area contributed by atoms with E-state index in [-0.39, 0.29) is 12.6 Å². The van der Waals surface area contributed by atoms with Crippen LogP contribution in [0.4, 0.5) is 4.79 Å². The molecule has 0 saturated carbocycles. The summed E-state index contributed by atoms with van der Waals surface area (Å²) in [7, 11) is 0. The van der Waals surface area contributed by atoms with Crippen LogP contribution in [0, 0.1) is 0 Å². The largest absolute Gasteiger partial charge is 0.479 e. The van der Waals surface area contributed by atoms with E-state index in [1.165, 1.54) is 4.90 Å². The molecule has 0 aromatic heterocycles. The van der Waals surface area contributed by atoms with Crippen molar-refractivity contribution >= 4 is 12.1 Å². The summed E-state index contributed by atoms with van der Waals surface area (Å²) in [4.78, 5) is 25.7. The average molecular weight is 315 g/mol. The van der Waals surface area contributed by atoms with Crippen LogP contribution in [0.15, 0.2) is 0 Å². The maximum absolute atomic E-state index is 12.5. The van der Waals surface area contributed by atoms with E-state index in [4.69, 9.17) is 9.47 Å². The molecule has 22 heavy (non-hydrogen) atoms. The first-order valence-corrected chi connectivity index (χ1v) is 7.97. The molecule has 1 N–H and O–H groups in total. The van der Waals surface area contributed by atoms with Gasteiger partial charge in [-0.3, -0.25) is 4.90 Å². The second-order valence-corrected chi connectivity index (χ2v) is 6.98. The number of hydrogen-bond acceptors (Lipinski definition) is 4. The van der Waals surface area contributed by atoms with Gasteiger partial charge in [-0.25, -0.2) is 9.59 Å². The number of nitrogens with zero attached hydrogens (tertiary/aromatic N) is 1. The smallest absolute Gasteiger partial charge is 0.411 e. The molecule has 1 saturated heterocycles. The molecule has 6 heteroatoms. The summed E-state index contributed by atoms with van der Waals surface area (Å²) < 4.78 is 10.9. The van der Waals surface area contributed by atoms with E-state index in [0.29, 0.717) is 19.4 Å². The first-order chi connectivity index (χ1) is 10.1. The minimum atomic E-state index is -1.32. The molecule has 0 bridgehead atoms. The van der Waals surface area contributed by atoms with Gasteiger partial charge in [0.2, 0.25) is 0 Å². The van der Waals surface area contributed by atoms with Crippen LogP contribution < -0.4 is 0 Å². The molecule has 0 radical (unpaired) electrons. The van der Waals surface area contributed by atoms with Crippen molar-refractivity contribution in [3.8, 4) is 0 Å². The Hall–Kier alpha value is -1.30. The van der Waals surface area contributed by atoms with Crippen LogP contribution in [0.1, 0.15) is 60.3 Å². The molecular formula is C16H29NO5. The third kappa shape index (κ3) is 4.35. The number of hydrogen-bond donors (Lipinski definition) is 1. The summed E-state index contributed by atoms with van der Waals surface area (Å²) in [6.07, 6.45) is 2.28. The summed E-state index contributed by atoms with van der Waals surface area (Å²) in [5.41, 5.74) is -1.98. The highest BCUT2D eigenvalue weighted by Crippen LogP contribution is 2.36. The number of carboxylic acid groups (broad SMARTS) is 1. The standard InChI is InChI=1S/C16H29NO5/c1-6-7-10-21-11-16(13(18)19)9-8-12(2)17(16)14(20)22-15(3,4)5/h12H,6-11H2,1-5H3,(H,18,19). The SMILES string of the molecule is CCCCOCC1(C(=O)O)CCC(C)N1C(=O)OC(C)(C)C. The zero-order valence-corrected chi connectivity index (χ0v) is 14.3. The number of ether oxygens (including phenoxy) is 2. The quantitative estimate of drug-likeness (QED) is 0.762. The predicted molar refractivity (Wildman–Crippen MR) is 82.9 cm³/mol. The van der Waals surface area contributed by atoms with E-state index < -0.39 is 23.2 Å². The number of unbranched alkanes of at least 4 members (excludes halogenated alkanes) is 1. The molecule has 0 spiro atoms. The maximum Gasteiger partial charge on any atom is 0.411 e. The highest BCUT2D eigenvalue weighted by Gasteiger charge is 2.54. The van der Waals surface area contributed by atoms with Crippen LogP contribution in [0.25, 0.3) is 0 Å². The molecule has 2 atom stereocenters. The minimum Gasteiger partial charge on any atom is -0.479 e. The van der Waals surface area contributed by atoms with Gasteiger partial charge in [-0.2, -0.15) is 0 Å². The lowest BCUT2D eigenvalue weighted by atomic mass is 9.97. The van der Waals surface area contributed by atoms with Crippen LogP contribution in [0.5, 0.6) is 0 Å². The number of likely N-dealkylation sites (tertiary alicyclic amines) is 1. The van der Waals surface area contributed by atoms with Gasteiger partial charge in [0.25, 0.3) is 0 Å². The zero-order chi connectivity index (χ0) is 17.0. The van der Waals surface area contributed by atoms with Gasteiger partial charge >= 0.3 is 12.1 Å². The summed E-state index contributed by atoms with van der Waals surface area (Å²) in [5.74, 6) is -1.03. The molecule has 1 fully saturated rings. The Labute approximate surface area is 132 Å². The van der Waals surface area contributed by atoms with Crippen molar-refractivity contribution in [1.29, 1.82) is 0 Å². The third-order valence-corrected chi connectivity index (χ3v) is 3.85. The number of carboxylic acids is 1. The number of rotatable bonds is 6. The van der Waals surface area contributed by atoms with Gasteiger partial charge in [-0.15, -0.1) is 0 Å². The molecule has 1 rings (SSSR count). The molecule has 6 nitrogen and oxygen atoms in total. The van der Waals surface area contributed by atoms with E-state index in [0.717, 1.165) is 12.8 Å². The molecule has 0 aromatic rings. The number of aliphatic carboxylic acids is 1. The molecular weight excluding hydrogens is 286 g/mol. The van der Waals surface area contributed by atoms with Crippen molar-refractivity contribution in [2.24, 2.45) is 0 Å². The lowest BCUT2D eigenvalue weighted by Crippen LogP contribution is -2.58. The van der Waals surface area contributed by atoms with Gasteiger partial charge in [0, 0.05) is 12.6 Å². The molecule has 0 aliphatic carbocycles. The van der Waals surface area contributed by atoms with E-state index in [9.17, 15) is 14.7 Å². The number of amides is 1. The molecule has 1 amide bonds. The number of carbonyl (C=O) groups is 2. The molecule has 128 valence electrons. The van der Waals surface area contributed by atoms with Crippen LogP contribution in [0.2, 0.25) is 0 Å². The third-order valence-electron chi connectivity index (χ3n) is 3.85. The average Bonchev–Trinajstić information content (AvgIpc) is 2.71. The summed E-state index contributed by atoms with van der Waals surface area (Å²) >= 11 is 0. The van der Waals surface area contributed by atoms with Crippen molar-refractivity contribution in [2.75, 3.05) is 13.2 Å². The number of carbonyl (C=O) groups excluding carboxylic acids is 1. The van der Waals surface area contributed by atoms with Crippen LogP contribution >= 0.6 is 0 Å². The van der Waals surface area contributed by atoms with Crippen molar-refractivity contribution in [3.05, 3.63) is 0 Å². The van der Waals surface area contributed by atoms with Gasteiger partial charge in [0.1, 0.15) is 5.60 Å². The zero-order valence-electron chi connectivity index (χ0n) is 14.3. The molecule has 1 aliphatic rings. The topological polar surface area (TPSA) is 76.1 Å². The van der Waals surface area contributed by atoms with E-state index in [1.807, 2.05) is 13.8 Å². The Morgan fingerprint density at radius 1 is 1.36 bits per heavy atom. The Morgan fingerprint density at radius 3 is 2.50 bits per heavy atom. The van der Waals surface area contributed by atoms with E-state index in [2.05, 4.69) is 0 Å². The van der Waals surface area contributed by atoms with Gasteiger partial charge in [-0.1, -0.05) is 13.3 Å². The lowest BCUT2D eigenvalue weighted by Gasteiger charge is -2.37. The molecule has 1 aliphatic heterocycles. The maximum atomic E-state index is 12.5. The Balaban J connectivity index is 2.92. The lowest BCUT2D eigenvalue weighted by molar-refractivity contribution is -0.154. The van der Waals surface area contributed by atoms with Gasteiger partial charge in [-0.05, 0) is 47.0 Å². The Morgan fingerprint density at radius 2 is 2.00 bits per heavy atom. The second-order valence-electron chi connectivity index (χ2n) is 6.98. The van der Waals surface area contributed by atoms with E-state index in [1.54, 1.807) is 20.8 Å². The highest BCUT2D eigenvalue weighted by molar-refractivity contribution is 5.85. The van der Waals surface area contributed by atoms with Crippen molar-refractivity contribution in [1.82, 2.24) is 4.90 Å². The van der Waals surface area contributed by atoms with Gasteiger partial charge in [0.05, 0.1) is 6.61 Å². The van der Waals surface area contributed by atoms with Gasteiger partial charge in [0.15, 0.2) is 5.54 Å². The molecule has 2 unspecified atom stereocenters. The Bertz CT molecular complexity index is 404. The second kappa shape index (κ2) is 7.31. The summed E-state index contributed by atoms with van der Waals surface area (Å²) in [6.45, 7) is 9.71. The Kier molecular flexibility index (Phi) is 6.23. The minimum absolute atomic E-state index is 0.00587. The van der Waals surface area contributed by atoms with Crippen molar-refractivity contribution < 1.29 is 24.2 Å². The summed E-state index contributed by atoms with van der Waals surface area (Å²) in [5, 5.41) is 9.73. The highest BCUT2D eigenvalue weighted by atomic mass is 16.6. The fraction of sp³-hybridized carbons (Fsp3) is 0.875. The van der Waals surface area contributed by atoms with Crippen LogP contribution in [-0.2, 0) is 14.3 Å². The normalized spacial score (nSPS) is 25.3. The fourth-order valence-corrected chi connectivity index (χ4v) is 2.69. The van der Waals surface area contributed by atoms with Crippen LogP contribution in [-0.4, -0.2) is 52.5 Å². The van der Waals surface area contributed by atoms with Crippen molar-refractivity contribution in [2.45, 2.75) is 77.5 Å². The first-order valence-electron chi connectivity index (χ1n) is 7.97. The van der Waals surface area contributed by atoms with Crippen molar-refractivity contribution in [3.63, 3.8) is 0 Å². The fourth-order valence-electron chi connectivity index (χ4n) is 2.69. The molecule has 1 heterocycles. The predicted octanol–water partition coefficient (Wildman–Crippen LogP) is 3.05. The molecule has 0 aromatic carbocycles. The van der Waals surface area contributed by atoms with Gasteiger partial charge < -0.3 is 14.6 Å².